The second-order valence-electron chi connectivity index (χ2n) is 5.62. The van der Waals surface area contributed by atoms with Gasteiger partial charge < -0.3 is 9.32 Å². The Bertz CT molecular complexity index is 646. The van der Waals surface area contributed by atoms with Crippen molar-refractivity contribution >= 4 is 5.91 Å². The van der Waals surface area contributed by atoms with Crippen LogP contribution in [0.3, 0.4) is 0 Å². The average Bonchev–Trinajstić information content (AvgIpc) is 2.96. The first kappa shape index (κ1) is 14.7. The minimum atomic E-state index is -0.285. The van der Waals surface area contributed by atoms with Crippen LogP contribution in [0.5, 0.6) is 0 Å². The van der Waals surface area contributed by atoms with E-state index in [4.69, 9.17) is 4.42 Å². The lowest BCUT2D eigenvalue weighted by molar-refractivity contribution is -0.131. The van der Waals surface area contributed by atoms with Crippen molar-refractivity contribution in [2.24, 2.45) is 0 Å². The third-order valence-electron chi connectivity index (χ3n) is 4.01. The molecule has 6 heteroatoms. The number of nitrogens with zero attached hydrogens (tertiary/aromatic N) is 3. The highest BCUT2D eigenvalue weighted by Gasteiger charge is 2.26. The second kappa shape index (κ2) is 6.25. The van der Waals surface area contributed by atoms with Crippen molar-refractivity contribution in [3.05, 3.63) is 47.4 Å². The number of aromatic nitrogens is 2. The van der Waals surface area contributed by atoms with Gasteiger partial charge in [-0.25, -0.2) is 4.39 Å². The van der Waals surface area contributed by atoms with Crippen molar-refractivity contribution < 1.29 is 13.6 Å². The van der Waals surface area contributed by atoms with Crippen molar-refractivity contribution in [1.29, 1.82) is 0 Å². The van der Waals surface area contributed by atoms with Crippen LogP contribution in [0.1, 0.15) is 36.1 Å². The number of benzene rings is 1. The molecular formula is C16H18FN3O2. The van der Waals surface area contributed by atoms with Crippen LogP contribution >= 0.6 is 0 Å². The average molecular weight is 303 g/mol. The maximum Gasteiger partial charge on any atom is 0.226 e. The third-order valence-corrected chi connectivity index (χ3v) is 4.01. The Morgan fingerprint density at radius 2 is 1.95 bits per heavy atom. The van der Waals surface area contributed by atoms with Gasteiger partial charge in [0.15, 0.2) is 0 Å². The Kier molecular flexibility index (Phi) is 4.18. The SMILES string of the molecule is Cc1nnc(C2CCN(C(=O)Cc3ccc(F)cc3)CC2)o1. The summed E-state index contributed by atoms with van der Waals surface area (Å²) in [5.74, 6) is 1.27. The number of aryl methyl sites for hydroxylation is 1. The molecule has 1 aliphatic heterocycles. The molecule has 1 aliphatic rings. The number of halogens is 1. The molecule has 1 fully saturated rings. The van der Waals surface area contributed by atoms with Crippen molar-refractivity contribution in [3.8, 4) is 0 Å². The second-order valence-corrected chi connectivity index (χ2v) is 5.62. The lowest BCUT2D eigenvalue weighted by atomic mass is 9.96. The van der Waals surface area contributed by atoms with Gasteiger partial charge in [-0.15, -0.1) is 10.2 Å². The highest BCUT2D eigenvalue weighted by atomic mass is 19.1. The molecule has 0 atom stereocenters. The molecule has 0 radical (unpaired) electrons. The first-order valence-electron chi connectivity index (χ1n) is 7.44. The summed E-state index contributed by atoms with van der Waals surface area (Å²) in [7, 11) is 0. The van der Waals surface area contributed by atoms with Crippen molar-refractivity contribution in [1.82, 2.24) is 15.1 Å². The van der Waals surface area contributed by atoms with E-state index in [2.05, 4.69) is 10.2 Å². The van der Waals surface area contributed by atoms with Crippen LogP contribution in [-0.2, 0) is 11.2 Å². The highest BCUT2D eigenvalue weighted by molar-refractivity contribution is 5.78. The van der Waals surface area contributed by atoms with Gasteiger partial charge in [0.05, 0.1) is 6.42 Å². The summed E-state index contributed by atoms with van der Waals surface area (Å²) >= 11 is 0. The van der Waals surface area contributed by atoms with Crippen molar-refractivity contribution in [2.75, 3.05) is 13.1 Å². The van der Waals surface area contributed by atoms with E-state index in [1.165, 1.54) is 12.1 Å². The summed E-state index contributed by atoms with van der Waals surface area (Å²) < 4.78 is 18.3. The molecule has 1 amide bonds. The number of carbonyl (C=O) groups excluding carboxylic acids is 1. The fourth-order valence-corrected chi connectivity index (χ4v) is 2.74. The largest absolute Gasteiger partial charge is 0.425 e. The fourth-order valence-electron chi connectivity index (χ4n) is 2.74. The molecule has 0 saturated carbocycles. The molecule has 116 valence electrons. The first-order chi connectivity index (χ1) is 10.6. The predicted octanol–water partition coefficient (Wildman–Crippen LogP) is 2.47. The van der Waals surface area contributed by atoms with Gasteiger partial charge in [0.1, 0.15) is 5.82 Å². The molecule has 0 N–H and O–H groups in total. The lowest BCUT2D eigenvalue weighted by Crippen LogP contribution is -2.38. The van der Waals surface area contributed by atoms with E-state index in [0.717, 1.165) is 18.4 Å². The molecule has 1 saturated heterocycles. The molecule has 0 unspecified atom stereocenters. The van der Waals surface area contributed by atoms with Gasteiger partial charge >= 0.3 is 0 Å². The lowest BCUT2D eigenvalue weighted by Gasteiger charge is -2.30. The van der Waals surface area contributed by atoms with E-state index in [1.807, 2.05) is 4.90 Å². The van der Waals surface area contributed by atoms with Crippen LogP contribution in [0.15, 0.2) is 28.7 Å². The van der Waals surface area contributed by atoms with E-state index in [9.17, 15) is 9.18 Å². The molecule has 0 aliphatic carbocycles. The zero-order valence-corrected chi connectivity index (χ0v) is 12.5. The van der Waals surface area contributed by atoms with E-state index in [1.54, 1.807) is 19.1 Å². The molecule has 5 nitrogen and oxygen atoms in total. The van der Waals surface area contributed by atoms with Gasteiger partial charge in [0.2, 0.25) is 17.7 Å². The first-order valence-corrected chi connectivity index (χ1v) is 7.44. The van der Waals surface area contributed by atoms with Gasteiger partial charge in [-0.1, -0.05) is 12.1 Å². The highest BCUT2D eigenvalue weighted by Crippen LogP contribution is 2.27. The van der Waals surface area contributed by atoms with E-state index >= 15 is 0 Å². The molecular weight excluding hydrogens is 285 g/mol. The molecule has 22 heavy (non-hydrogen) atoms. The van der Waals surface area contributed by atoms with Crippen LogP contribution in [0.4, 0.5) is 4.39 Å². The molecule has 0 spiro atoms. The Labute approximate surface area is 128 Å². The monoisotopic (exact) mass is 303 g/mol. The molecule has 1 aromatic carbocycles. The molecule has 3 rings (SSSR count). The van der Waals surface area contributed by atoms with Crippen LogP contribution in [0, 0.1) is 12.7 Å². The minimum absolute atomic E-state index is 0.0757. The smallest absolute Gasteiger partial charge is 0.226 e. The maximum absolute atomic E-state index is 12.9. The Hall–Kier alpha value is -2.24. The quantitative estimate of drug-likeness (QED) is 0.874. The van der Waals surface area contributed by atoms with E-state index in [-0.39, 0.29) is 17.6 Å². The Morgan fingerprint density at radius 1 is 1.27 bits per heavy atom. The molecule has 0 bridgehead atoms. The molecule has 2 heterocycles. The standard InChI is InChI=1S/C16H18FN3O2/c1-11-18-19-16(22-11)13-6-8-20(9-7-13)15(21)10-12-2-4-14(17)5-3-12/h2-5,13H,6-10H2,1H3. The summed E-state index contributed by atoms with van der Waals surface area (Å²) in [5.41, 5.74) is 0.834. The van der Waals surface area contributed by atoms with Gasteiger partial charge in [0, 0.05) is 25.9 Å². The van der Waals surface area contributed by atoms with E-state index in [0.29, 0.717) is 31.3 Å². The van der Waals surface area contributed by atoms with Crippen LogP contribution in [0.2, 0.25) is 0 Å². The topological polar surface area (TPSA) is 59.2 Å². The third kappa shape index (κ3) is 3.32. The van der Waals surface area contributed by atoms with Crippen molar-refractivity contribution in [2.45, 2.75) is 32.1 Å². The van der Waals surface area contributed by atoms with Crippen LogP contribution in [-0.4, -0.2) is 34.1 Å². The van der Waals surface area contributed by atoms with Gasteiger partial charge in [0.25, 0.3) is 0 Å². The number of piperidine rings is 1. The van der Waals surface area contributed by atoms with Gasteiger partial charge in [-0.3, -0.25) is 4.79 Å². The number of likely N-dealkylation sites (tertiary alicyclic amines) is 1. The van der Waals surface area contributed by atoms with E-state index < -0.39 is 0 Å². The predicted molar refractivity (Wildman–Crippen MR) is 77.7 cm³/mol. The summed E-state index contributed by atoms with van der Waals surface area (Å²) in [6, 6.07) is 6.07. The zero-order valence-electron chi connectivity index (χ0n) is 12.5. The minimum Gasteiger partial charge on any atom is -0.425 e. The normalized spacial score (nSPS) is 16.0. The molecule has 1 aromatic heterocycles. The maximum atomic E-state index is 12.9. The zero-order chi connectivity index (χ0) is 15.5. The number of hydrogen-bond donors (Lipinski definition) is 0. The summed E-state index contributed by atoms with van der Waals surface area (Å²) in [4.78, 5) is 14.1. The van der Waals surface area contributed by atoms with Crippen LogP contribution < -0.4 is 0 Å². The summed E-state index contributed by atoms with van der Waals surface area (Å²) in [5, 5.41) is 7.91. The summed E-state index contributed by atoms with van der Waals surface area (Å²) in [6.45, 7) is 3.15. The Balaban J connectivity index is 1.54. The van der Waals surface area contributed by atoms with Gasteiger partial charge in [-0.2, -0.15) is 0 Å². The number of carbonyl (C=O) groups is 1. The van der Waals surface area contributed by atoms with Gasteiger partial charge in [-0.05, 0) is 30.5 Å². The van der Waals surface area contributed by atoms with Crippen molar-refractivity contribution in [3.63, 3.8) is 0 Å². The van der Waals surface area contributed by atoms with Crippen LogP contribution in [0.25, 0.3) is 0 Å². The Morgan fingerprint density at radius 3 is 2.55 bits per heavy atom. The summed E-state index contributed by atoms with van der Waals surface area (Å²) in [6.07, 6.45) is 1.97. The number of rotatable bonds is 3. The molecule has 2 aromatic rings. The number of hydrogen-bond acceptors (Lipinski definition) is 4. The number of amides is 1. The fraction of sp³-hybridized carbons (Fsp3) is 0.438.